The van der Waals surface area contributed by atoms with E-state index in [9.17, 15) is 0 Å². The zero-order valence-corrected chi connectivity index (χ0v) is 18.9. The van der Waals surface area contributed by atoms with E-state index >= 15 is 0 Å². The van der Waals surface area contributed by atoms with Gasteiger partial charge in [0.15, 0.2) is 8.32 Å². The van der Waals surface area contributed by atoms with Crippen LogP contribution in [0.5, 0.6) is 0 Å². The van der Waals surface area contributed by atoms with Crippen LogP contribution >= 0.6 is 0 Å². The third kappa shape index (κ3) is 5.30. The van der Waals surface area contributed by atoms with Gasteiger partial charge in [-0.05, 0) is 31.0 Å². The molecule has 3 aliphatic rings. The molecular weight excluding hydrogens is 348 g/mol. The van der Waals surface area contributed by atoms with Crippen molar-refractivity contribution in [3.8, 4) is 0 Å². The molecule has 26 heavy (non-hydrogen) atoms. The minimum Gasteiger partial charge on any atom is -0.414 e. The van der Waals surface area contributed by atoms with Gasteiger partial charge in [0.1, 0.15) is 12.2 Å². The first-order valence-corrected chi connectivity index (χ1v) is 13.0. The molecule has 0 aromatic heterocycles. The topological polar surface area (TPSA) is 46.2 Å². The summed E-state index contributed by atoms with van der Waals surface area (Å²) < 4.78 is 30.6. The lowest BCUT2D eigenvalue weighted by Crippen LogP contribution is -2.59. The van der Waals surface area contributed by atoms with Crippen molar-refractivity contribution in [3.63, 3.8) is 0 Å². The predicted octanol–water partition coefficient (Wildman–Crippen LogP) is 4.01. The molecule has 3 fully saturated rings. The number of ether oxygens (including phenoxy) is 4. The van der Waals surface area contributed by atoms with Crippen molar-refractivity contribution >= 4 is 8.32 Å². The Balaban J connectivity index is 2.18. The zero-order chi connectivity index (χ0) is 19.4. The molecule has 0 aromatic carbocycles. The Kier molecular flexibility index (Phi) is 8.13. The first-order chi connectivity index (χ1) is 12.2. The first-order valence-electron chi connectivity index (χ1n) is 10.1. The molecule has 0 radical (unpaired) electrons. The lowest BCUT2D eigenvalue weighted by atomic mass is 9.83. The molecule has 5 nitrogen and oxygen atoms in total. The molecule has 154 valence electrons. The summed E-state index contributed by atoms with van der Waals surface area (Å²) in [5.41, 5.74) is 0. The average molecular weight is 389 g/mol. The van der Waals surface area contributed by atoms with E-state index in [1.165, 1.54) is 6.42 Å². The minimum atomic E-state index is -1.82. The van der Waals surface area contributed by atoms with Crippen LogP contribution in [0, 0.1) is 5.92 Å². The molecule has 0 N–H and O–H groups in total. The van der Waals surface area contributed by atoms with Crippen LogP contribution in [0.2, 0.25) is 18.1 Å². The Labute approximate surface area is 161 Å². The monoisotopic (exact) mass is 388 g/mol. The lowest BCUT2D eigenvalue weighted by Gasteiger charge is -2.47. The first kappa shape index (κ1) is 22.3. The van der Waals surface area contributed by atoms with E-state index in [-0.39, 0.29) is 29.5 Å². The molecule has 0 aromatic rings. The molecule has 5 atom stereocenters. The molecular formula is C20H40O5Si. The third-order valence-electron chi connectivity index (χ3n) is 6.51. The molecule has 2 bridgehead atoms. The van der Waals surface area contributed by atoms with E-state index in [4.69, 9.17) is 23.4 Å². The van der Waals surface area contributed by atoms with E-state index in [0.29, 0.717) is 19.1 Å². The summed E-state index contributed by atoms with van der Waals surface area (Å²) in [6, 6.07) is 0. The second kappa shape index (κ2) is 9.48. The van der Waals surface area contributed by atoms with E-state index < -0.39 is 8.32 Å². The highest BCUT2D eigenvalue weighted by Crippen LogP contribution is 2.39. The smallest absolute Gasteiger partial charge is 0.192 e. The van der Waals surface area contributed by atoms with Gasteiger partial charge in [-0.25, -0.2) is 0 Å². The van der Waals surface area contributed by atoms with Crippen molar-refractivity contribution < 1.29 is 23.4 Å². The van der Waals surface area contributed by atoms with Gasteiger partial charge in [0.05, 0.1) is 25.4 Å². The zero-order valence-electron chi connectivity index (χ0n) is 17.9. The fourth-order valence-electron chi connectivity index (χ4n) is 3.78. The minimum absolute atomic E-state index is 0.0217. The van der Waals surface area contributed by atoms with Gasteiger partial charge in [-0.15, -0.1) is 0 Å². The van der Waals surface area contributed by atoms with Gasteiger partial charge in [-0.1, -0.05) is 33.6 Å². The highest BCUT2D eigenvalue weighted by atomic mass is 28.4. The van der Waals surface area contributed by atoms with Crippen LogP contribution in [0.1, 0.15) is 46.5 Å². The average Bonchev–Trinajstić information content (AvgIpc) is 2.64. The highest BCUT2D eigenvalue weighted by Gasteiger charge is 2.47. The molecule has 3 saturated heterocycles. The second-order valence-electron chi connectivity index (χ2n) is 9.27. The van der Waals surface area contributed by atoms with Crippen molar-refractivity contribution in [2.45, 2.75) is 89.0 Å². The number of methoxy groups -OCH3 is 2. The molecule has 3 rings (SSSR count). The van der Waals surface area contributed by atoms with Gasteiger partial charge in [-0.3, -0.25) is 0 Å². The van der Waals surface area contributed by atoms with Crippen LogP contribution in [0.15, 0.2) is 0 Å². The normalized spacial score (nSPS) is 34.5. The summed E-state index contributed by atoms with van der Waals surface area (Å²) >= 11 is 0. The van der Waals surface area contributed by atoms with Crippen molar-refractivity contribution in [1.29, 1.82) is 0 Å². The SMILES string of the molecule is COC1C2COCCCCCC(C(CO[Si](C)(C)C(C)(C)C)O2)C1OC. The fourth-order valence-corrected chi connectivity index (χ4v) is 4.79. The molecule has 0 saturated carbocycles. The Bertz CT molecular complexity index is 423. The van der Waals surface area contributed by atoms with Crippen LogP contribution in [0.25, 0.3) is 0 Å². The second-order valence-corrected chi connectivity index (χ2v) is 14.1. The van der Waals surface area contributed by atoms with Crippen LogP contribution in [0.3, 0.4) is 0 Å². The Morgan fingerprint density at radius 1 is 1.00 bits per heavy atom. The van der Waals surface area contributed by atoms with Crippen LogP contribution in [-0.4, -0.2) is 66.8 Å². The van der Waals surface area contributed by atoms with E-state index in [2.05, 4.69) is 33.9 Å². The Morgan fingerprint density at radius 3 is 2.31 bits per heavy atom. The summed E-state index contributed by atoms with van der Waals surface area (Å²) in [6.45, 7) is 13.4. The van der Waals surface area contributed by atoms with E-state index in [1.54, 1.807) is 14.2 Å². The molecule has 5 unspecified atom stereocenters. The number of hydrogen-bond donors (Lipinski definition) is 0. The maximum absolute atomic E-state index is 6.52. The van der Waals surface area contributed by atoms with Gasteiger partial charge < -0.3 is 23.4 Å². The largest absolute Gasteiger partial charge is 0.414 e. The van der Waals surface area contributed by atoms with Crippen LogP contribution < -0.4 is 0 Å². The number of hydrogen-bond acceptors (Lipinski definition) is 5. The van der Waals surface area contributed by atoms with Crippen molar-refractivity contribution in [3.05, 3.63) is 0 Å². The van der Waals surface area contributed by atoms with Gasteiger partial charge in [0, 0.05) is 26.7 Å². The summed E-state index contributed by atoms with van der Waals surface area (Å²) in [5.74, 6) is 0.295. The Morgan fingerprint density at radius 2 is 1.69 bits per heavy atom. The maximum Gasteiger partial charge on any atom is 0.192 e. The van der Waals surface area contributed by atoms with Gasteiger partial charge >= 0.3 is 0 Å². The number of rotatable bonds is 5. The molecule has 0 amide bonds. The van der Waals surface area contributed by atoms with Crippen molar-refractivity contribution in [2.24, 2.45) is 5.92 Å². The molecule has 6 heteroatoms. The summed E-state index contributed by atoms with van der Waals surface area (Å²) in [6.07, 6.45) is 4.40. The van der Waals surface area contributed by atoms with E-state index in [0.717, 1.165) is 25.9 Å². The molecule has 3 heterocycles. The summed E-state index contributed by atoms with van der Waals surface area (Å²) in [4.78, 5) is 0. The molecule has 0 spiro atoms. The standard InChI is InChI=1S/C20H40O5Si/c1-20(2,3)26(6,7)24-14-16-15-11-9-8-10-12-23-13-17(25-16)19(22-5)18(15)21-4/h15-19H,8-14H2,1-7H3. The van der Waals surface area contributed by atoms with Crippen molar-refractivity contribution in [2.75, 3.05) is 34.0 Å². The van der Waals surface area contributed by atoms with Gasteiger partial charge in [-0.2, -0.15) is 0 Å². The number of fused-ring (bicyclic) bond motifs is 8. The summed E-state index contributed by atoms with van der Waals surface area (Å²) in [7, 11) is 1.72. The Hall–Kier alpha value is 0.0169. The molecule has 3 aliphatic heterocycles. The van der Waals surface area contributed by atoms with Crippen LogP contribution in [-0.2, 0) is 23.4 Å². The van der Waals surface area contributed by atoms with Crippen LogP contribution in [0.4, 0.5) is 0 Å². The van der Waals surface area contributed by atoms with E-state index in [1.807, 2.05) is 0 Å². The van der Waals surface area contributed by atoms with Gasteiger partial charge in [0.2, 0.25) is 0 Å². The predicted molar refractivity (Wildman–Crippen MR) is 106 cm³/mol. The summed E-state index contributed by atoms with van der Waals surface area (Å²) in [5, 5.41) is 0.193. The van der Waals surface area contributed by atoms with Crippen molar-refractivity contribution in [1.82, 2.24) is 0 Å². The van der Waals surface area contributed by atoms with Gasteiger partial charge in [0.25, 0.3) is 0 Å². The fraction of sp³-hybridized carbons (Fsp3) is 1.00. The molecule has 0 aliphatic carbocycles. The lowest BCUT2D eigenvalue weighted by molar-refractivity contribution is -0.233. The third-order valence-corrected chi connectivity index (χ3v) is 11.0. The quantitative estimate of drug-likeness (QED) is 0.666. The maximum atomic E-state index is 6.52. The highest BCUT2D eigenvalue weighted by molar-refractivity contribution is 6.74.